The Hall–Kier alpha value is -1.80. The number of aromatic nitrogens is 4. The molecule has 0 aliphatic heterocycles. The predicted octanol–water partition coefficient (Wildman–Crippen LogP) is -0.396. The number of halogens is 1. The van der Waals surface area contributed by atoms with Gasteiger partial charge in [0.25, 0.3) is 6.08 Å². The molecule has 7 nitrogen and oxygen atoms in total. The summed E-state index contributed by atoms with van der Waals surface area (Å²) in [4.78, 5) is 11.3. The molecule has 1 saturated carbocycles. The number of hydrogen-bond acceptors (Lipinski definition) is 6. The fraction of sp³-hybridized carbons (Fsp3) is 0.500. The Morgan fingerprint density at radius 2 is 2.11 bits per heavy atom. The smallest absolute Gasteiger partial charge is 0.291 e. The van der Waals surface area contributed by atoms with E-state index in [0.29, 0.717) is 12.8 Å². The van der Waals surface area contributed by atoms with Crippen molar-refractivity contribution in [3.05, 3.63) is 12.4 Å². The normalized spacial score (nSPS) is 28.1. The van der Waals surface area contributed by atoms with Crippen molar-refractivity contribution in [3.63, 3.8) is 0 Å². The zero-order valence-electron chi connectivity index (χ0n) is 9.36. The molecule has 1 aliphatic carbocycles. The molecule has 96 valence electrons. The molecule has 1 fully saturated rings. The van der Waals surface area contributed by atoms with Crippen LogP contribution < -0.4 is 5.73 Å². The first-order chi connectivity index (χ1) is 8.59. The molecule has 2 aromatic rings. The molecule has 1 aliphatic rings. The number of aliphatic hydroxyl groups excluding tert-OH is 2. The van der Waals surface area contributed by atoms with Crippen LogP contribution in [0.4, 0.5) is 10.2 Å². The Labute approximate surface area is 101 Å². The highest BCUT2D eigenvalue weighted by atomic mass is 19.1. The van der Waals surface area contributed by atoms with Crippen LogP contribution in [0.1, 0.15) is 18.9 Å². The molecule has 0 bridgehead atoms. The van der Waals surface area contributed by atoms with Gasteiger partial charge in [-0.1, -0.05) is 0 Å². The molecule has 0 unspecified atom stereocenters. The second kappa shape index (κ2) is 3.85. The van der Waals surface area contributed by atoms with E-state index in [1.165, 1.54) is 10.9 Å². The zero-order valence-corrected chi connectivity index (χ0v) is 9.36. The number of hydrogen-bond donors (Lipinski definition) is 3. The topological polar surface area (TPSA) is 110 Å². The van der Waals surface area contributed by atoms with Crippen LogP contribution in [0.25, 0.3) is 11.2 Å². The molecular weight excluding hydrogens is 241 g/mol. The molecule has 0 radical (unpaired) electrons. The molecule has 2 aromatic heterocycles. The van der Waals surface area contributed by atoms with E-state index in [1.54, 1.807) is 0 Å². The van der Waals surface area contributed by atoms with Crippen molar-refractivity contribution in [1.29, 1.82) is 0 Å². The molecule has 0 saturated heterocycles. The molecule has 0 amide bonds. The third kappa shape index (κ3) is 1.46. The Kier molecular flexibility index (Phi) is 2.42. The lowest BCUT2D eigenvalue weighted by atomic mass is 10.2. The van der Waals surface area contributed by atoms with Crippen molar-refractivity contribution in [2.24, 2.45) is 0 Å². The van der Waals surface area contributed by atoms with E-state index < -0.39 is 24.3 Å². The van der Waals surface area contributed by atoms with Gasteiger partial charge in [-0.25, -0.2) is 9.97 Å². The summed E-state index contributed by atoms with van der Waals surface area (Å²) in [5.74, 6) is 0.0886. The number of nitrogens with two attached hydrogens (primary N) is 1. The quantitative estimate of drug-likeness (QED) is 0.597. The first-order valence-corrected chi connectivity index (χ1v) is 5.59. The van der Waals surface area contributed by atoms with Crippen molar-refractivity contribution in [2.75, 3.05) is 5.73 Å². The highest BCUT2D eigenvalue weighted by Crippen LogP contribution is 2.33. The first kappa shape index (κ1) is 11.3. The lowest BCUT2D eigenvalue weighted by Gasteiger charge is -2.18. The minimum Gasteiger partial charge on any atom is -0.390 e. The van der Waals surface area contributed by atoms with Crippen molar-refractivity contribution < 1.29 is 14.6 Å². The van der Waals surface area contributed by atoms with Gasteiger partial charge >= 0.3 is 0 Å². The number of rotatable bonds is 1. The van der Waals surface area contributed by atoms with E-state index in [-0.39, 0.29) is 17.0 Å². The standard InChI is InChI=1S/C10H12FN5O2/c11-10-15-6-8(12)13-3-14-9(6)16(10)4-1-2-5(17)7(4)18/h3-5,7,17-18H,1-2H2,(H2,12,13,14)/t4-,5-,7+/m1/s1. The van der Waals surface area contributed by atoms with E-state index >= 15 is 0 Å². The van der Waals surface area contributed by atoms with E-state index in [0.717, 1.165) is 0 Å². The fourth-order valence-corrected chi connectivity index (χ4v) is 2.41. The molecular formula is C10H12FN5O2. The van der Waals surface area contributed by atoms with E-state index in [4.69, 9.17) is 5.73 Å². The van der Waals surface area contributed by atoms with Gasteiger partial charge < -0.3 is 15.9 Å². The van der Waals surface area contributed by atoms with Gasteiger partial charge in [-0.3, -0.25) is 4.57 Å². The van der Waals surface area contributed by atoms with Gasteiger partial charge in [-0.15, -0.1) is 0 Å². The maximum Gasteiger partial charge on any atom is 0.291 e. The van der Waals surface area contributed by atoms with Gasteiger partial charge in [0, 0.05) is 0 Å². The maximum atomic E-state index is 13.9. The summed E-state index contributed by atoms with van der Waals surface area (Å²) >= 11 is 0. The number of anilines is 1. The summed E-state index contributed by atoms with van der Waals surface area (Å²) in [6.07, 6.45) is -0.595. The van der Waals surface area contributed by atoms with Gasteiger partial charge in [0.15, 0.2) is 17.0 Å². The Balaban J connectivity index is 2.17. The second-order valence-corrected chi connectivity index (χ2v) is 4.38. The minimum atomic E-state index is -1.03. The Morgan fingerprint density at radius 1 is 1.33 bits per heavy atom. The average Bonchev–Trinajstić information content (AvgIpc) is 2.83. The van der Waals surface area contributed by atoms with Crippen LogP contribution in [0.2, 0.25) is 0 Å². The number of fused-ring (bicyclic) bond motifs is 1. The number of aliphatic hydroxyl groups is 2. The monoisotopic (exact) mass is 253 g/mol. The van der Waals surface area contributed by atoms with Crippen molar-refractivity contribution in [1.82, 2.24) is 19.5 Å². The number of imidazole rings is 1. The van der Waals surface area contributed by atoms with Crippen LogP contribution >= 0.6 is 0 Å². The SMILES string of the molecule is Nc1ncnc2c1nc(F)n2[C@@H]1CC[C@@H](O)[C@H]1O. The van der Waals surface area contributed by atoms with E-state index in [9.17, 15) is 14.6 Å². The summed E-state index contributed by atoms with van der Waals surface area (Å²) in [5, 5.41) is 19.4. The van der Waals surface area contributed by atoms with Crippen molar-refractivity contribution in [2.45, 2.75) is 31.1 Å². The van der Waals surface area contributed by atoms with Crippen molar-refractivity contribution in [3.8, 4) is 0 Å². The molecule has 2 heterocycles. The summed E-state index contributed by atoms with van der Waals surface area (Å²) < 4.78 is 15.0. The molecule has 3 rings (SSSR count). The second-order valence-electron chi connectivity index (χ2n) is 4.38. The third-order valence-electron chi connectivity index (χ3n) is 3.34. The summed E-state index contributed by atoms with van der Waals surface area (Å²) in [7, 11) is 0. The van der Waals surface area contributed by atoms with Gasteiger partial charge in [-0.2, -0.15) is 9.37 Å². The molecule has 8 heteroatoms. The van der Waals surface area contributed by atoms with E-state index in [2.05, 4.69) is 15.0 Å². The number of nitrogen functional groups attached to an aromatic ring is 1. The van der Waals surface area contributed by atoms with E-state index in [1.807, 2.05) is 0 Å². The van der Waals surface area contributed by atoms with Crippen LogP contribution in [0.15, 0.2) is 6.33 Å². The Morgan fingerprint density at radius 3 is 2.78 bits per heavy atom. The van der Waals surface area contributed by atoms with Gasteiger partial charge in [0.2, 0.25) is 0 Å². The highest BCUT2D eigenvalue weighted by molar-refractivity contribution is 5.81. The van der Waals surface area contributed by atoms with Crippen molar-refractivity contribution >= 4 is 17.0 Å². The first-order valence-electron chi connectivity index (χ1n) is 5.59. The summed E-state index contributed by atoms with van der Waals surface area (Å²) in [6, 6.07) is -0.584. The minimum absolute atomic E-state index is 0.0886. The maximum absolute atomic E-state index is 13.9. The third-order valence-corrected chi connectivity index (χ3v) is 3.34. The van der Waals surface area contributed by atoms with Crippen LogP contribution in [-0.2, 0) is 0 Å². The van der Waals surface area contributed by atoms with Gasteiger partial charge in [-0.05, 0) is 12.8 Å². The predicted molar refractivity (Wildman–Crippen MR) is 60.0 cm³/mol. The molecule has 18 heavy (non-hydrogen) atoms. The number of nitrogens with zero attached hydrogens (tertiary/aromatic N) is 4. The largest absolute Gasteiger partial charge is 0.390 e. The van der Waals surface area contributed by atoms with Crippen LogP contribution in [0.5, 0.6) is 0 Å². The molecule has 0 spiro atoms. The van der Waals surface area contributed by atoms with Crippen LogP contribution in [0, 0.1) is 6.08 Å². The summed E-state index contributed by atoms with van der Waals surface area (Å²) in [5.41, 5.74) is 6.00. The van der Waals surface area contributed by atoms with Gasteiger partial charge in [0.05, 0.1) is 12.1 Å². The van der Waals surface area contributed by atoms with Crippen LogP contribution in [-0.4, -0.2) is 41.9 Å². The van der Waals surface area contributed by atoms with Gasteiger partial charge in [0.1, 0.15) is 12.4 Å². The molecule has 4 N–H and O–H groups in total. The lowest BCUT2D eigenvalue weighted by Crippen LogP contribution is -2.28. The molecule has 0 aromatic carbocycles. The summed E-state index contributed by atoms with van der Waals surface area (Å²) in [6.45, 7) is 0. The van der Waals surface area contributed by atoms with Crippen LogP contribution in [0.3, 0.4) is 0 Å². The fourth-order valence-electron chi connectivity index (χ4n) is 2.41. The zero-order chi connectivity index (χ0) is 12.9. The lowest BCUT2D eigenvalue weighted by molar-refractivity contribution is 0.0220. The Bertz CT molecular complexity index is 601. The molecule has 3 atom stereocenters. The highest BCUT2D eigenvalue weighted by Gasteiger charge is 2.37. The average molecular weight is 253 g/mol.